The molecule has 1 atom stereocenters. The molecule has 172 valence electrons. The number of hydrogen-bond acceptors (Lipinski definition) is 7. The number of anilines is 1. The average Bonchev–Trinajstić information content (AvgIpc) is 3.03. The molecule has 0 bridgehead atoms. The summed E-state index contributed by atoms with van der Waals surface area (Å²) in [6, 6.07) is 6.58. The van der Waals surface area contributed by atoms with Crippen LogP contribution in [0.2, 0.25) is 0 Å². The number of likely N-dealkylation sites (tertiary alicyclic amines) is 1. The van der Waals surface area contributed by atoms with Crippen LogP contribution >= 0.6 is 11.3 Å². The number of aryl methyl sites for hydroxylation is 2. The third-order valence-corrected chi connectivity index (χ3v) is 8.37. The number of rotatable bonds is 6. The van der Waals surface area contributed by atoms with Gasteiger partial charge in [-0.25, -0.2) is 23.5 Å². The Hall–Kier alpha value is -2.07. The molecule has 1 aliphatic heterocycles. The summed E-state index contributed by atoms with van der Waals surface area (Å²) >= 11 is 1.69. The highest BCUT2D eigenvalue weighted by atomic mass is 32.2. The van der Waals surface area contributed by atoms with E-state index in [1.54, 1.807) is 23.5 Å². The Morgan fingerprint density at radius 2 is 1.97 bits per heavy atom. The van der Waals surface area contributed by atoms with Crippen LogP contribution in [0.5, 0.6) is 0 Å². The molecule has 0 aliphatic carbocycles. The van der Waals surface area contributed by atoms with Crippen molar-refractivity contribution in [3.63, 3.8) is 0 Å². The Morgan fingerprint density at radius 1 is 1.25 bits per heavy atom. The number of benzene rings is 1. The molecule has 0 amide bonds. The van der Waals surface area contributed by atoms with E-state index in [0.717, 1.165) is 53.0 Å². The summed E-state index contributed by atoms with van der Waals surface area (Å²) in [5, 5.41) is 9.88. The lowest BCUT2D eigenvalue weighted by Crippen LogP contribution is -2.33. The van der Waals surface area contributed by atoms with Gasteiger partial charge in [0.1, 0.15) is 16.5 Å². The Labute approximate surface area is 194 Å². The fraction of sp³-hybridized carbons (Fsp3) is 0.478. The summed E-state index contributed by atoms with van der Waals surface area (Å²) in [5.41, 5.74) is 2.01. The predicted octanol–water partition coefficient (Wildman–Crippen LogP) is 4.36. The standard InChI is InChI=1S/C23H31N5O2S2/c1-14-8-10-28(11-9-14)13-20-26-22(21-15(2)17(4)31-23(21)27-20)25-16(3)18-6-5-7-19(12-18)32(24,29)30/h5-7,12,14,16H,8-11,13H2,1-4H3,(H2,24,29,30)(H,25,26,27). The van der Waals surface area contributed by atoms with E-state index in [-0.39, 0.29) is 10.9 Å². The summed E-state index contributed by atoms with van der Waals surface area (Å²) in [4.78, 5) is 14.6. The molecule has 9 heteroatoms. The maximum absolute atomic E-state index is 11.8. The summed E-state index contributed by atoms with van der Waals surface area (Å²) in [6.07, 6.45) is 2.42. The third-order valence-electron chi connectivity index (χ3n) is 6.36. The molecule has 1 saturated heterocycles. The van der Waals surface area contributed by atoms with E-state index in [9.17, 15) is 8.42 Å². The van der Waals surface area contributed by atoms with Crippen molar-refractivity contribution in [3.8, 4) is 0 Å². The second-order valence-electron chi connectivity index (χ2n) is 8.89. The fourth-order valence-electron chi connectivity index (χ4n) is 4.14. The second-order valence-corrected chi connectivity index (χ2v) is 11.7. The van der Waals surface area contributed by atoms with Crippen molar-refractivity contribution in [3.05, 3.63) is 46.1 Å². The van der Waals surface area contributed by atoms with Gasteiger partial charge in [-0.2, -0.15) is 0 Å². The van der Waals surface area contributed by atoms with Gasteiger partial charge in [0, 0.05) is 4.88 Å². The van der Waals surface area contributed by atoms with Crippen molar-refractivity contribution in [1.29, 1.82) is 0 Å². The number of fused-ring (bicyclic) bond motifs is 1. The van der Waals surface area contributed by atoms with E-state index in [0.29, 0.717) is 0 Å². The smallest absolute Gasteiger partial charge is 0.238 e. The van der Waals surface area contributed by atoms with E-state index in [4.69, 9.17) is 15.1 Å². The number of aromatic nitrogens is 2. The van der Waals surface area contributed by atoms with Gasteiger partial charge in [0.05, 0.1) is 22.9 Å². The highest BCUT2D eigenvalue weighted by Crippen LogP contribution is 2.35. The maximum Gasteiger partial charge on any atom is 0.238 e. The first-order valence-corrected chi connectivity index (χ1v) is 13.4. The van der Waals surface area contributed by atoms with Gasteiger partial charge >= 0.3 is 0 Å². The van der Waals surface area contributed by atoms with Gasteiger partial charge in [-0.15, -0.1) is 11.3 Å². The van der Waals surface area contributed by atoms with Crippen LogP contribution < -0.4 is 10.5 Å². The van der Waals surface area contributed by atoms with Gasteiger partial charge in [0.25, 0.3) is 0 Å². The maximum atomic E-state index is 11.8. The third kappa shape index (κ3) is 4.96. The highest BCUT2D eigenvalue weighted by Gasteiger charge is 2.21. The molecule has 0 spiro atoms. The molecule has 0 saturated carbocycles. The quantitative estimate of drug-likeness (QED) is 0.552. The Morgan fingerprint density at radius 3 is 2.66 bits per heavy atom. The predicted molar refractivity (Wildman–Crippen MR) is 130 cm³/mol. The highest BCUT2D eigenvalue weighted by molar-refractivity contribution is 7.89. The van der Waals surface area contributed by atoms with Gasteiger partial charge in [0.15, 0.2) is 0 Å². The number of primary sulfonamides is 1. The van der Waals surface area contributed by atoms with E-state index in [1.165, 1.54) is 29.3 Å². The van der Waals surface area contributed by atoms with Crippen LogP contribution in [-0.4, -0.2) is 36.4 Å². The van der Waals surface area contributed by atoms with E-state index < -0.39 is 10.0 Å². The number of nitrogens with two attached hydrogens (primary N) is 1. The van der Waals surface area contributed by atoms with Crippen molar-refractivity contribution in [2.75, 3.05) is 18.4 Å². The summed E-state index contributed by atoms with van der Waals surface area (Å²) < 4.78 is 23.6. The lowest BCUT2D eigenvalue weighted by Gasteiger charge is -2.29. The van der Waals surface area contributed by atoms with Crippen LogP contribution in [0.3, 0.4) is 0 Å². The average molecular weight is 474 g/mol. The molecule has 1 aromatic carbocycles. The normalized spacial score (nSPS) is 17.0. The van der Waals surface area contributed by atoms with Crippen molar-refractivity contribution in [1.82, 2.24) is 14.9 Å². The first-order valence-electron chi connectivity index (χ1n) is 11.0. The zero-order valence-electron chi connectivity index (χ0n) is 19.1. The number of sulfonamides is 1. The molecular formula is C23H31N5O2S2. The second kappa shape index (κ2) is 9.05. The summed E-state index contributed by atoms with van der Waals surface area (Å²) in [5.74, 6) is 2.40. The first kappa shape index (κ1) is 23.1. The number of nitrogens with zero attached hydrogens (tertiary/aromatic N) is 3. The van der Waals surface area contributed by atoms with Crippen LogP contribution in [0.4, 0.5) is 5.82 Å². The zero-order chi connectivity index (χ0) is 23.0. The van der Waals surface area contributed by atoms with E-state index in [2.05, 4.69) is 31.0 Å². The molecule has 3 aromatic rings. The molecule has 1 unspecified atom stereocenters. The van der Waals surface area contributed by atoms with Crippen LogP contribution in [-0.2, 0) is 16.6 Å². The Bertz CT molecular complexity index is 1230. The molecule has 7 nitrogen and oxygen atoms in total. The molecule has 3 N–H and O–H groups in total. The Kier molecular flexibility index (Phi) is 6.53. The number of hydrogen-bond donors (Lipinski definition) is 2. The lowest BCUT2D eigenvalue weighted by molar-refractivity contribution is 0.181. The molecular weight excluding hydrogens is 442 g/mol. The molecule has 2 aromatic heterocycles. The molecule has 4 rings (SSSR count). The number of nitrogens with one attached hydrogen (secondary N) is 1. The van der Waals surface area contributed by atoms with E-state index in [1.807, 2.05) is 13.0 Å². The van der Waals surface area contributed by atoms with Crippen molar-refractivity contribution >= 4 is 37.4 Å². The van der Waals surface area contributed by atoms with Crippen molar-refractivity contribution in [2.45, 2.75) is 58.0 Å². The minimum absolute atomic E-state index is 0.110. The van der Waals surface area contributed by atoms with Crippen LogP contribution in [0.1, 0.15) is 54.6 Å². The molecule has 3 heterocycles. The zero-order valence-corrected chi connectivity index (χ0v) is 20.7. The monoisotopic (exact) mass is 473 g/mol. The topological polar surface area (TPSA) is 101 Å². The van der Waals surface area contributed by atoms with E-state index >= 15 is 0 Å². The number of thiophene rings is 1. The van der Waals surface area contributed by atoms with Gasteiger partial charge in [0.2, 0.25) is 10.0 Å². The molecule has 32 heavy (non-hydrogen) atoms. The minimum atomic E-state index is -3.75. The van der Waals surface area contributed by atoms with Crippen LogP contribution in [0, 0.1) is 19.8 Å². The van der Waals surface area contributed by atoms with Crippen molar-refractivity contribution < 1.29 is 8.42 Å². The van der Waals surface area contributed by atoms with Gasteiger partial charge in [-0.1, -0.05) is 19.1 Å². The largest absolute Gasteiger partial charge is 0.363 e. The lowest BCUT2D eigenvalue weighted by atomic mass is 9.99. The van der Waals surface area contributed by atoms with Crippen molar-refractivity contribution in [2.24, 2.45) is 11.1 Å². The molecule has 1 aliphatic rings. The van der Waals surface area contributed by atoms with Gasteiger partial charge in [-0.3, -0.25) is 4.90 Å². The van der Waals surface area contributed by atoms with Crippen LogP contribution in [0.15, 0.2) is 29.2 Å². The fourth-order valence-corrected chi connectivity index (χ4v) is 5.76. The summed E-state index contributed by atoms with van der Waals surface area (Å²) in [7, 11) is -3.75. The molecule has 0 radical (unpaired) electrons. The minimum Gasteiger partial charge on any atom is -0.363 e. The Balaban J connectivity index is 1.66. The summed E-state index contributed by atoms with van der Waals surface area (Å²) in [6.45, 7) is 11.4. The number of piperidine rings is 1. The molecule has 1 fully saturated rings. The van der Waals surface area contributed by atoms with Gasteiger partial charge in [-0.05, 0) is 75.9 Å². The van der Waals surface area contributed by atoms with Gasteiger partial charge < -0.3 is 5.32 Å². The first-order chi connectivity index (χ1) is 15.1. The van der Waals surface area contributed by atoms with Crippen LogP contribution in [0.25, 0.3) is 10.2 Å². The SMILES string of the molecule is Cc1sc2nc(CN3CCC(C)CC3)nc(NC(C)c3cccc(S(N)(=O)=O)c3)c2c1C.